The van der Waals surface area contributed by atoms with Crippen LogP contribution in [0.1, 0.15) is 24.2 Å². The number of thiophene rings is 1. The van der Waals surface area contributed by atoms with E-state index in [-0.39, 0.29) is 16.8 Å². The summed E-state index contributed by atoms with van der Waals surface area (Å²) in [6.45, 7) is 2.46. The van der Waals surface area contributed by atoms with Crippen LogP contribution in [0.4, 0.5) is 4.79 Å². The van der Waals surface area contributed by atoms with Crippen LogP contribution in [0.15, 0.2) is 46.0 Å². The Morgan fingerprint density at radius 1 is 1.21 bits per heavy atom. The van der Waals surface area contributed by atoms with Crippen molar-refractivity contribution < 1.29 is 13.2 Å². The van der Waals surface area contributed by atoms with E-state index in [9.17, 15) is 13.2 Å². The molecule has 1 heterocycles. The molecule has 2 rings (SSSR count). The molecule has 1 aromatic heterocycles. The van der Waals surface area contributed by atoms with Gasteiger partial charge in [-0.25, -0.2) is 13.2 Å². The molecule has 0 saturated heterocycles. The van der Waals surface area contributed by atoms with E-state index in [1.165, 1.54) is 0 Å². The van der Waals surface area contributed by atoms with Crippen LogP contribution in [0.5, 0.6) is 0 Å². The highest BCUT2D eigenvalue weighted by atomic mass is 35.5. The molecule has 0 aliphatic carbocycles. The molecule has 5 nitrogen and oxygen atoms in total. The lowest BCUT2D eigenvalue weighted by Crippen LogP contribution is -2.39. The number of carbonyl (C=O) groups excluding carboxylic acids is 1. The van der Waals surface area contributed by atoms with Crippen molar-refractivity contribution in [1.29, 1.82) is 0 Å². The minimum atomic E-state index is -3.61. The normalized spacial score (nSPS) is 12.6. The number of sulfone groups is 1. The Hall–Kier alpha value is -1.57. The number of halogens is 1. The Bertz CT molecular complexity index is 759. The van der Waals surface area contributed by atoms with Gasteiger partial charge in [-0.2, -0.15) is 0 Å². The second-order valence-corrected chi connectivity index (χ2v) is 8.90. The first-order valence-electron chi connectivity index (χ1n) is 7.49. The lowest BCUT2D eigenvalue weighted by atomic mass is 10.1. The first kappa shape index (κ1) is 18.8. The Balaban J connectivity index is 2.25. The largest absolute Gasteiger partial charge is 0.338 e. The molecule has 0 fully saturated rings. The molecular formula is C16H19ClN2O3S2. The van der Waals surface area contributed by atoms with Crippen molar-refractivity contribution in [3.05, 3.63) is 52.4 Å². The molecular weight excluding hydrogens is 368 g/mol. The maximum absolute atomic E-state index is 12.9. The number of amides is 2. The van der Waals surface area contributed by atoms with Crippen molar-refractivity contribution in [2.45, 2.75) is 22.8 Å². The second kappa shape index (κ2) is 8.50. The maximum atomic E-state index is 12.9. The van der Waals surface area contributed by atoms with Gasteiger partial charge in [0.25, 0.3) is 0 Å². The monoisotopic (exact) mass is 386 g/mol. The zero-order valence-electron chi connectivity index (χ0n) is 13.2. The Morgan fingerprint density at radius 2 is 1.92 bits per heavy atom. The lowest BCUT2D eigenvalue weighted by molar-refractivity contribution is 0.241. The highest BCUT2D eigenvalue weighted by Crippen LogP contribution is 2.31. The first-order chi connectivity index (χ1) is 11.4. The smallest absolute Gasteiger partial charge is 0.314 e. The summed E-state index contributed by atoms with van der Waals surface area (Å²) in [6, 6.07) is 9.51. The molecule has 2 aromatic rings. The first-order valence-corrected chi connectivity index (χ1v) is 10.3. The van der Waals surface area contributed by atoms with Crippen LogP contribution in [0.25, 0.3) is 0 Å². The number of benzene rings is 1. The summed E-state index contributed by atoms with van der Waals surface area (Å²) in [6.07, 6.45) is 0.807. The zero-order chi connectivity index (χ0) is 17.6. The molecule has 1 atom stereocenters. The molecule has 8 heteroatoms. The van der Waals surface area contributed by atoms with Crippen molar-refractivity contribution in [2.75, 3.05) is 13.1 Å². The number of hydrogen-bond acceptors (Lipinski definition) is 4. The molecule has 1 aromatic carbocycles. The van der Waals surface area contributed by atoms with Crippen molar-refractivity contribution >= 4 is 38.8 Å². The van der Waals surface area contributed by atoms with Crippen molar-refractivity contribution in [1.82, 2.24) is 10.6 Å². The van der Waals surface area contributed by atoms with Crippen LogP contribution in [0.2, 0.25) is 5.02 Å². The predicted octanol–water partition coefficient (Wildman–Crippen LogP) is 3.63. The van der Waals surface area contributed by atoms with E-state index < -0.39 is 15.1 Å². The number of nitrogens with one attached hydrogen (secondary N) is 2. The van der Waals surface area contributed by atoms with Crippen LogP contribution in [0, 0.1) is 0 Å². The number of urea groups is 1. The third-order valence-electron chi connectivity index (χ3n) is 3.38. The van der Waals surface area contributed by atoms with Gasteiger partial charge in [-0.15, -0.1) is 11.3 Å². The van der Waals surface area contributed by atoms with Crippen LogP contribution in [-0.2, 0) is 9.84 Å². The second-order valence-electron chi connectivity index (χ2n) is 5.15. The van der Waals surface area contributed by atoms with E-state index in [4.69, 9.17) is 11.6 Å². The van der Waals surface area contributed by atoms with Crippen LogP contribution >= 0.6 is 22.9 Å². The van der Waals surface area contributed by atoms with Gasteiger partial charge >= 0.3 is 6.03 Å². The number of rotatable bonds is 7. The summed E-state index contributed by atoms with van der Waals surface area (Å²) in [5, 5.41) is 6.68. The zero-order valence-corrected chi connectivity index (χ0v) is 15.5. The summed E-state index contributed by atoms with van der Waals surface area (Å²) in [4.78, 5) is 11.8. The van der Waals surface area contributed by atoms with Crippen molar-refractivity contribution in [3.8, 4) is 0 Å². The summed E-state index contributed by atoms with van der Waals surface area (Å²) in [5.41, 5.74) is 0.587. The number of hydrogen-bond donors (Lipinski definition) is 2. The van der Waals surface area contributed by atoms with Crippen molar-refractivity contribution in [2.24, 2.45) is 0 Å². The minimum Gasteiger partial charge on any atom is -0.338 e. The highest BCUT2D eigenvalue weighted by molar-refractivity contribution is 7.93. The van der Waals surface area contributed by atoms with E-state index in [1.54, 1.807) is 41.8 Å². The van der Waals surface area contributed by atoms with Gasteiger partial charge in [0.05, 0.1) is 0 Å². The van der Waals surface area contributed by atoms with E-state index >= 15 is 0 Å². The summed E-state index contributed by atoms with van der Waals surface area (Å²) < 4.78 is 26.1. The molecule has 2 N–H and O–H groups in total. The average Bonchev–Trinajstić information content (AvgIpc) is 3.10. The molecule has 2 amide bonds. The molecule has 130 valence electrons. The fourth-order valence-electron chi connectivity index (χ4n) is 2.14. The predicted molar refractivity (Wildman–Crippen MR) is 97.4 cm³/mol. The van der Waals surface area contributed by atoms with Crippen LogP contribution in [0.3, 0.4) is 0 Å². The van der Waals surface area contributed by atoms with E-state index in [2.05, 4.69) is 10.6 Å². The average molecular weight is 387 g/mol. The molecule has 24 heavy (non-hydrogen) atoms. The van der Waals surface area contributed by atoms with Crippen molar-refractivity contribution in [3.63, 3.8) is 0 Å². The molecule has 0 unspecified atom stereocenters. The maximum Gasteiger partial charge on any atom is 0.314 e. The van der Waals surface area contributed by atoms with Gasteiger partial charge in [-0.1, -0.05) is 36.7 Å². The highest BCUT2D eigenvalue weighted by Gasteiger charge is 2.30. The third-order valence-corrected chi connectivity index (χ3v) is 7.16. The molecule has 0 spiro atoms. The van der Waals surface area contributed by atoms with Crippen LogP contribution in [-0.4, -0.2) is 27.5 Å². The number of carbonyl (C=O) groups is 1. The van der Waals surface area contributed by atoms with E-state index in [0.29, 0.717) is 17.1 Å². The summed E-state index contributed by atoms with van der Waals surface area (Å²) in [7, 11) is -3.61. The molecule has 0 saturated carbocycles. The molecule has 0 radical (unpaired) electrons. The Kier molecular flexibility index (Phi) is 6.65. The van der Waals surface area contributed by atoms with E-state index in [0.717, 1.165) is 17.8 Å². The lowest BCUT2D eigenvalue weighted by Gasteiger charge is -2.18. The topological polar surface area (TPSA) is 75.3 Å². The van der Waals surface area contributed by atoms with Gasteiger partial charge in [-0.3, -0.25) is 0 Å². The van der Waals surface area contributed by atoms with Gasteiger partial charge in [0.2, 0.25) is 0 Å². The van der Waals surface area contributed by atoms with Crippen LogP contribution < -0.4 is 10.6 Å². The van der Waals surface area contributed by atoms with Gasteiger partial charge in [0.1, 0.15) is 9.46 Å². The quantitative estimate of drug-likeness (QED) is 0.762. The van der Waals surface area contributed by atoms with Gasteiger partial charge in [0.15, 0.2) is 9.84 Å². The molecule has 0 aliphatic rings. The molecule has 0 bridgehead atoms. The Labute approximate surface area is 151 Å². The fourth-order valence-corrected chi connectivity index (χ4v) is 5.13. The fraction of sp³-hybridized carbons (Fsp3) is 0.312. The van der Waals surface area contributed by atoms with Gasteiger partial charge in [0, 0.05) is 18.1 Å². The molecule has 0 aliphatic heterocycles. The third kappa shape index (κ3) is 4.72. The van der Waals surface area contributed by atoms with E-state index in [1.807, 2.05) is 6.92 Å². The summed E-state index contributed by atoms with van der Waals surface area (Å²) in [5.74, 6) is 0. The minimum absolute atomic E-state index is 0.0165. The summed E-state index contributed by atoms with van der Waals surface area (Å²) >= 11 is 7.05. The standard InChI is InChI=1S/C16H19ClN2O3S2/c1-2-9-18-16(20)19-11-14(12-5-7-13(17)8-6-12)24(21,22)15-4-3-10-23-15/h3-8,10,14H,2,9,11H2,1H3,(H2,18,19,20)/t14-/m1/s1. The van der Waals surface area contributed by atoms with Gasteiger partial charge < -0.3 is 10.6 Å². The Morgan fingerprint density at radius 3 is 2.50 bits per heavy atom. The van der Waals surface area contributed by atoms with Gasteiger partial charge in [-0.05, 0) is 35.6 Å². The SMILES string of the molecule is CCCNC(=O)NC[C@H](c1ccc(Cl)cc1)S(=O)(=O)c1cccs1.